The van der Waals surface area contributed by atoms with Crippen LogP contribution in [-0.2, 0) is 20.8 Å². The second-order valence-electron chi connectivity index (χ2n) is 7.73. The van der Waals surface area contributed by atoms with E-state index in [9.17, 15) is 18.8 Å². The van der Waals surface area contributed by atoms with Gasteiger partial charge in [0, 0.05) is 29.9 Å². The highest BCUT2D eigenvalue weighted by molar-refractivity contribution is 6.31. The molecule has 2 amide bonds. The summed E-state index contributed by atoms with van der Waals surface area (Å²) in [5.74, 6) is -1.81. The molecule has 166 valence electrons. The third-order valence-corrected chi connectivity index (χ3v) is 4.31. The second kappa shape index (κ2) is 10.3. The molecule has 0 radical (unpaired) electrons. The summed E-state index contributed by atoms with van der Waals surface area (Å²) in [4.78, 5) is 37.6. The van der Waals surface area contributed by atoms with Crippen LogP contribution in [0.1, 0.15) is 36.7 Å². The van der Waals surface area contributed by atoms with Crippen molar-refractivity contribution in [3.05, 3.63) is 64.4 Å². The molecule has 0 aliphatic heterocycles. The number of nitrogens with one attached hydrogen (secondary N) is 1. The SMILES string of the molecule is CN(Cc1c(F)cccc1Cl)C(=O)COC(=O)c1cccc(NC(=O)OC(C)(C)C)c1. The summed E-state index contributed by atoms with van der Waals surface area (Å²) in [6.45, 7) is 4.58. The van der Waals surface area contributed by atoms with Gasteiger partial charge in [0.2, 0.25) is 0 Å². The molecule has 0 unspecified atom stereocenters. The number of anilines is 1. The minimum atomic E-state index is -0.751. The molecular formula is C22H24ClFN2O5. The van der Waals surface area contributed by atoms with E-state index in [0.717, 1.165) is 0 Å². The van der Waals surface area contributed by atoms with Gasteiger partial charge in [-0.1, -0.05) is 23.7 Å². The molecule has 2 aromatic rings. The fraction of sp³-hybridized carbons (Fsp3) is 0.318. The maximum atomic E-state index is 13.9. The summed E-state index contributed by atoms with van der Waals surface area (Å²) in [5.41, 5.74) is -0.0188. The molecule has 0 aliphatic carbocycles. The van der Waals surface area contributed by atoms with Gasteiger partial charge in [-0.15, -0.1) is 0 Å². The van der Waals surface area contributed by atoms with Crippen LogP contribution in [-0.4, -0.2) is 42.1 Å². The number of ether oxygens (including phenoxy) is 2. The summed E-state index contributed by atoms with van der Waals surface area (Å²) in [5, 5.41) is 2.72. The Kier molecular flexibility index (Phi) is 7.99. The van der Waals surface area contributed by atoms with Gasteiger partial charge in [-0.25, -0.2) is 14.0 Å². The van der Waals surface area contributed by atoms with Crippen LogP contribution in [0.3, 0.4) is 0 Å². The molecule has 0 heterocycles. The Hall–Kier alpha value is -3.13. The Morgan fingerprint density at radius 1 is 1.13 bits per heavy atom. The van der Waals surface area contributed by atoms with Crippen molar-refractivity contribution in [2.75, 3.05) is 19.0 Å². The van der Waals surface area contributed by atoms with Gasteiger partial charge in [0.15, 0.2) is 6.61 Å². The Labute approximate surface area is 185 Å². The van der Waals surface area contributed by atoms with Crippen LogP contribution in [0.5, 0.6) is 0 Å². The molecule has 0 atom stereocenters. The van der Waals surface area contributed by atoms with Gasteiger partial charge in [0.25, 0.3) is 5.91 Å². The highest BCUT2D eigenvalue weighted by Crippen LogP contribution is 2.20. The predicted octanol–water partition coefficient (Wildman–Crippen LogP) is 4.64. The molecule has 7 nitrogen and oxygen atoms in total. The van der Waals surface area contributed by atoms with Crippen molar-refractivity contribution in [1.82, 2.24) is 4.90 Å². The van der Waals surface area contributed by atoms with E-state index >= 15 is 0 Å². The van der Waals surface area contributed by atoms with Gasteiger partial charge in [-0.3, -0.25) is 10.1 Å². The zero-order valence-electron chi connectivity index (χ0n) is 17.7. The Balaban J connectivity index is 1.93. The first-order valence-electron chi connectivity index (χ1n) is 9.40. The number of halogens is 2. The minimum Gasteiger partial charge on any atom is -0.452 e. The third kappa shape index (κ3) is 7.57. The lowest BCUT2D eigenvalue weighted by atomic mass is 10.2. The number of carbonyl (C=O) groups excluding carboxylic acids is 3. The number of hydrogen-bond acceptors (Lipinski definition) is 5. The van der Waals surface area contributed by atoms with Crippen molar-refractivity contribution in [2.45, 2.75) is 32.9 Å². The monoisotopic (exact) mass is 450 g/mol. The molecule has 0 fully saturated rings. The van der Waals surface area contributed by atoms with Gasteiger partial charge in [-0.2, -0.15) is 0 Å². The van der Waals surface area contributed by atoms with E-state index in [1.54, 1.807) is 32.9 Å². The van der Waals surface area contributed by atoms with E-state index in [1.807, 2.05) is 0 Å². The van der Waals surface area contributed by atoms with E-state index in [4.69, 9.17) is 21.1 Å². The predicted molar refractivity (Wildman–Crippen MR) is 114 cm³/mol. The molecule has 0 saturated carbocycles. The van der Waals surface area contributed by atoms with Gasteiger partial charge >= 0.3 is 12.1 Å². The molecule has 0 aromatic heterocycles. The molecule has 0 bridgehead atoms. The van der Waals surface area contributed by atoms with E-state index in [2.05, 4.69) is 5.32 Å². The van der Waals surface area contributed by atoms with E-state index in [1.165, 1.54) is 42.3 Å². The van der Waals surface area contributed by atoms with Crippen molar-refractivity contribution in [3.8, 4) is 0 Å². The highest BCUT2D eigenvalue weighted by Gasteiger charge is 2.18. The zero-order valence-corrected chi connectivity index (χ0v) is 18.5. The number of rotatable bonds is 6. The molecule has 2 rings (SSSR count). The van der Waals surface area contributed by atoms with Crippen LogP contribution >= 0.6 is 11.6 Å². The summed E-state index contributed by atoms with van der Waals surface area (Å²) in [7, 11) is 1.45. The van der Waals surface area contributed by atoms with E-state index in [0.29, 0.717) is 5.69 Å². The van der Waals surface area contributed by atoms with Crippen LogP contribution < -0.4 is 5.32 Å². The van der Waals surface area contributed by atoms with Gasteiger partial charge in [0.05, 0.1) is 5.56 Å². The van der Waals surface area contributed by atoms with Gasteiger partial charge < -0.3 is 14.4 Å². The summed E-state index contributed by atoms with van der Waals surface area (Å²) in [6, 6.07) is 10.3. The van der Waals surface area contributed by atoms with Crippen LogP contribution in [0.4, 0.5) is 14.9 Å². The lowest BCUT2D eigenvalue weighted by Gasteiger charge is -2.20. The first kappa shape index (κ1) is 24.1. The molecule has 1 N–H and O–H groups in total. The summed E-state index contributed by atoms with van der Waals surface area (Å²) >= 11 is 5.97. The molecular weight excluding hydrogens is 427 g/mol. The normalized spacial score (nSPS) is 10.9. The average Bonchev–Trinajstić information content (AvgIpc) is 2.67. The molecule has 0 spiro atoms. The number of benzene rings is 2. The Bertz CT molecular complexity index is 954. The largest absolute Gasteiger partial charge is 0.452 e. The Morgan fingerprint density at radius 2 is 1.81 bits per heavy atom. The standard InChI is InChI=1S/C22H24ClFN2O5/c1-22(2,3)31-21(29)25-15-8-5-7-14(11-15)20(28)30-13-19(27)26(4)12-16-17(23)9-6-10-18(16)24/h5-11H,12-13H2,1-4H3,(H,25,29). The van der Waals surface area contributed by atoms with Crippen LogP contribution in [0.2, 0.25) is 5.02 Å². The quantitative estimate of drug-likeness (QED) is 0.648. The highest BCUT2D eigenvalue weighted by atomic mass is 35.5. The minimum absolute atomic E-state index is 0.0722. The number of nitrogens with zero attached hydrogens (tertiary/aromatic N) is 1. The average molecular weight is 451 g/mol. The van der Waals surface area contributed by atoms with E-state index in [-0.39, 0.29) is 22.7 Å². The zero-order chi connectivity index (χ0) is 23.2. The van der Waals surface area contributed by atoms with Crippen LogP contribution in [0, 0.1) is 5.82 Å². The van der Waals surface area contributed by atoms with Crippen molar-refractivity contribution in [1.29, 1.82) is 0 Å². The molecule has 0 saturated heterocycles. The number of likely N-dealkylation sites (N-methyl/N-ethyl adjacent to an activating group) is 1. The molecule has 2 aromatic carbocycles. The maximum absolute atomic E-state index is 13.9. The number of carbonyl (C=O) groups is 3. The summed E-state index contributed by atoms with van der Waals surface area (Å²) in [6.07, 6.45) is -0.665. The number of esters is 1. The van der Waals surface area contributed by atoms with Crippen LogP contribution in [0.15, 0.2) is 42.5 Å². The number of hydrogen-bond donors (Lipinski definition) is 1. The van der Waals surface area contributed by atoms with Crippen molar-refractivity contribution >= 4 is 35.3 Å². The third-order valence-electron chi connectivity index (χ3n) is 3.95. The van der Waals surface area contributed by atoms with Gasteiger partial charge in [0.1, 0.15) is 11.4 Å². The second-order valence-corrected chi connectivity index (χ2v) is 8.14. The number of amides is 2. The molecule has 0 aliphatic rings. The summed E-state index contributed by atoms with van der Waals surface area (Å²) < 4.78 is 24.1. The first-order valence-corrected chi connectivity index (χ1v) is 9.78. The Morgan fingerprint density at radius 3 is 2.45 bits per heavy atom. The van der Waals surface area contributed by atoms with E-state index < -0.39 is 36.0 Å². The van der Waals surface area contributed by atoms with Crippen molar-refractivity contribution in [3.63, 3.8) is 0 Å². The first-order chi connectivity index (χ1) is 14.5. The van der Waals surface area contributed by atoms with Crippen molar-refractivity contribution < 1.29 is 28.2 Å². The van der Waals surface area contributed by atoms with Crippen molar-refractivity contribution in [2.24, 2.45) is 0 Å². The lowest BCUT2D eigenvalue weighted by Crippen LogP contribution is -2.31. The lowest BCUT2D eigenvalue weighted by molar-refractivity contribution is -0.133. The fourth-order valence-electron chi connectivity index (χ4n) is 2.47. The van der Waals surface area contributed by atoms with Crippen LogP contribution in [0.25, 0.3) is 0 Å². The molecule has 9 heteroatoms. The fourth-order valence-corrected chi connectivity index (χ4v) is 2.70. The topological polar surface area (TPSA) is 84.9 Å². The smallest absolute Gasteiger partial charge is 0.412 e. The maximum Gasteiger partial charge on any atom is 0.412 e. The molecule has 31 heavy (non-hydrogen) atoms. The van der Waals surface area contributed by atoms with Gasteiger partial charge in [-0.05, 0) is 51.1 Å².